The van der Waals surface area contributed by atoms with E-state index in [0.717, 1.165) is 17.7 Å². The normalized spacial score (nSPS) is 19.8. The molecule has 26 heavy (non-hydrogen) atoms. The fourth-order valence-electron chi connectivity index (χ4n) is 3.69. The molecule has 2 aromatic carbocycles. The molecule has 1 fully saturated rings. The van der Waals surface area contributed by atoms with Gasteiger partial charge in [0.1, 0.15) is 0 Å². The summed E-state index contributed by atoms with van der Waals surface area (Å²) >= 11 is 1.69. The molecule has 0 amide bonds. The Labute approximate surface area is 158 Å². The molecule has 1 aromatic heterocycles. The van der Waals surface area contributed by atoms with Gasteiger partial charge in [0.2, 0.25) is 0 Å². The Kier molecular flexibility index (Phi) is 5.46. The summed E-state index contributed by atoms with van der Waals surface area (Å²) in [7, 11) is 0. The fourth-order valence-corrected chi connectivity index (χ4v) is 4.35. The summed E-state index contributed by atoms with van der Waals surface area (Å²) in [6.07, 6.45) is -0.838. The van der Waals surface area contributed by atoms with Crippen LogP contribution in [0.25, 0.3) is 11.1 Å². The second-order valence-electron chi connectivity index (χ2n) is 6.59. The molecule has 0 bridgehead atoms. The van der Waals surface area contributed by atoms with E-state index < -0.39 is 6.10 Å². The Morgan fingerprint density at radius 3 is 2.58 bits per heavy atom. The molecule has 1 aliphatic heterocycles. The maximum Gasteiger partial charge on any atom is 0.0967 e. The minimum atomic E-state index is -0.620. The van der Waals surface area contributed by atoms with Crippen molar-refractivity contribution in [2.75, 3.05) is 19.7 Å². The lowest BCUT2D eigenvalue weighted by atomic mass is 9.81. The Balaban J connectivity index is 1.79. The summed E-state index contributed by atoms with van der Waals surface area (Å²) in [5, 5.41) is 18.9. The first kappa shape index (κ1) is 17.4. The van der Waals surface area contributed by atoms with Gasteiger partial charge in [-0.2, -0.15) is 11.3 Å². The van der Waals surface area contributed by atoms with E-state index in [1.54, 1.807) is 11.3 Å². The molecule has 2 heterocycles. The third-order valence-corrected chi connectivity index (χ3v) is 5.65. The average molecular weight is 365 g/mol. The van der Waals surface area contributed by atoms with Crippen molar-refractivity contribution in [3.63, 3.8) is 0 Å². The topological polar surface area (TPSA) is 41.5 Å². The highest BCUT2D eigenvalue weighted by Gasteiger charge is 2.33. The van der Waals surface area contributed by atoms with Gasteiger partial charge >= 0.3 is 0 Å². The Morgan fingerprint density at radius 1 is 1.04 bits per heavy atom. The molecule has 3 unspecified atom stereocenters. The molecule has 1 saturated heterocycles. The van der Waals surface area contributed by atoms with Gasteiger partial charge in [0.25, 0.3) is 0 Å². The quantitative estimate of drug-likeness (QED) is 0.721. The standard InChI is InChI=1S/C22H23NO2S/c24-22(20-14-23-11-12-25-20)21(16-6-2-1-3-7-16)19-9-5-4-8-18(19)17-10-13-26-15-17/h1-10,13,15,20-24H,11-12,14H2. The summed E-state index contributed by atoms with van der Waals surface area (Å²) in [6, 6.07) is 20.8. The molecular formula is C22H23NO2S. The van der Waals surface area contributed by atoms with Gasteiger partial charge in [-0.25, -0.2) is 0 Å². The van der Waals surface area contributed by atoms with Gasteiger partial charge in [0.05, 0.1) is 18.8 Å². The first-order chi connectivity index (χ1) is 12.8. The molecule has 0 saturated carbocycles. The van der Waals surface area contributed by atoms with Gasteiger partial charge in [0.15, 0.2) is 0 Å². The van der Waals surface area contributed by atoms with Crippen molar-refractivity contribution in [3.8, 4) is 11.1 Å². The van der Waals surface area contributed by atoms with Gasteiger partial charge in [-0.3, -0.25) is 0 Å². The number of aliphatic hydroxyl groups excluding tert-OH is 1. The van der Waals surface area contributed by atoms with Crippen LogP contribution in [0.5, 0.6) is 0 Å². The summed E-state index contributed by atoms with van der Waals surface area (Å²) in [5.41, 5.74) is 4.61. The molecule has 3 atom stereocenters. The minimum Gasteiger partial charge on any atom is -0.389 e. The van der Waals surface area contributed by atoms with Crippen molar-refractivity contribution >= 4 is 11.3 Å². The number of ether oxygens (including phenoxy) is 1. The number of hydrogen-bond donors (Lipinski definition) is 2. The number of morpholine rings is 1. The monoisotopic (exact) mass is 365 g/mol. The fraction of sp³-hybridized carbons (Fsp3) is 0.273. The predicted octanol–water partition coefficient (Wildman–Crippen LogP) is 3.90. The first-order valence-electron chi connectivity index (χ1n) is 9.01. The molecule has 2 N–H and O–H groups in total. The van der Waals surface area contributed by atoms with Crippen molar-refractivity contribution < 1.29 is 9.84 Å². The molecule has 134 valence electrons. The summed E-state index contributed by atoms with van der Waals surface area (Å²) in [5.74, 6) is -0.141. The Morgan fingerprint density at radius 2 is 1.85 bits per heavy atom. The molecule has 0 aliphatic carbocycles. The first-order valence-corrected chi connectivity index (χ1v) is 9.95. The maximum absolute atomic E-state index is 11.3. The van der Waals surface area contributed by atoms with Crippen LogP contribution in [-0.4, -0.2) is 37.0 Å². The smallest absolute Gasteiger partial charge is 0.0967 e. The van der Waals surface area contributed by atoms with Crippen molar-refractivity contribution in [3.05, 3.63) is 82.6 Å². The van der Waals surface area contributed by atoms with E-state index in [0.29, 0.717) is 13.2 Å². The maximum atomic E-state index is 11.3. The van der Waals surface area contributed by atoms with E-state index in [4.69, 9.17) is 4.74 Å². The third-order valence-electron chi connectivity index (χ3n) is 4.97. The van der Waals surface area contributed by atoms with Gasteiger partial charge in [-0.15, -0.1) is 0 Å². The summed E-state index contributed by atoms with van der Waals surface area (Å²) in [6.45, 7) is 2.14. The molecular weight excluding hydrogens is 342 g/mol. The third kappa shape index (κ3) is 3.60. The van der Waals surface area contributed by atoms with Crippen molar-refractivity contribution in [1.82, 2.24) is 5.32 Å². The highest BCUT2D eigenvalue weighted by molar-refractivity contribution is 7.08. The van der Waals surface area contributed by atoms with E-state index >= 15 is 0 Å². The van der Waals surface area contributed by atoms with E-state index in [1.165, 1.54) is 11.1 Å². The van der Waals surface area contributed by atoms with Crippen LogP contribution >= 0.6 is 11.3 Å². The van der Waals surface area contributed by atoms with E-state index in [9.17, 15) is 5.11 Å². The van der Waals surface area contributed by atoms with E-state index in [-0.39, 0.29) is 12.0 Å². The molecule has 1 aliphatic rings. The number of aliphatic hydroxyl groups is 1. The zero-order valence-electron chi connectivity index (χ0n) is 14.5. The van der Waals surface area contributed by atoms with Crippen molar-refractivity contribution in [1.29, 1.82) is 0 Å². The van der Waals surface area contributed by atoms with Crippen molar-refractivity contribution in [2.24, 2.45) is 0 Å². The van der Waals surface area contributed by atoms with E-state index in [1.807, 2.05) is 24.3 Å². The molecule has 4 rings (SSSR count). The zero-order chi connectivity index (χ0) is 17.8. The Bertz CT molecular complexity index is 813. The van der Waals surface area contributed by atoms with Crippen LogP contribution in [0, 0.1) is 0 Å². The van der Waals surface area contributed by atoms with Crippen LogP contribution in [0.15, 0.2) is 71.4 Å². The highest BCUT2D eigenvalue weighted by atomic mass is 32.1. The predicted molar refractivity (Wildman–Crippen MR) is 107 cm³/mol. The number of benzene rings is 2. The number of rotatable bonds is 5. The minimum absolute atomic E-state index is 0.141. The highest BCUT2D eigenvalue weighted by Crippen LogP contribution is 2.37. The van der Waals surface area contributed by atoms with Crippen LogP contribution in [0.4, 0.5) is 0 Å². The van der Waals surface area contributed by atoms with Crippen LogP contribution in [0.2, 0.25) is 0 Å². The summed E-state index contributed by atoms with van der Waals surface area (Å²) < 4.78 is 5.88. The molecule has 0 spiro atoms. The second kappa shape index (κ2) is 8.14. The largest absolute Gasteiger partial charge is 0.389 e. The summed E-state index contributed by atoms with van der Waals surface area (Å²) in [4.78, 5) is 0. The van der Waals surface area contributed by atoms with Gasteiger partial charge in [-0.1, -0.05) is 54.6 Å². The van der Waals surface area contributed by atoms with Crippen LogP contribution in [-0.2, 0) is 4.74 Å². The molecule has 0 radical (unpaired) electrons. The molecule has 3 aromatic rings. The second-order valence-corrected chi connectivity index (χ2v) is 7.37. The van der Waals surface area contributed by atoms with Crippen LogP contribution < -0.4 is 5.32 Å². The number of nitrogens with one attached hydrogen (secondary N) is 1. The van der Waals surface area contributed by atoms with Crippen LogP contribution in [0.1, 0.15) is 17.0 Å². The number of thiophene rings is 1. The van der Waals surface area contributed by atoms with Gasteiger partial charge in [0, 0.05) is 19.0 Å². The average Bonchev–Trinajstić information content (AvgIpc) is 3.25. The SMILES string of the molecule is OC(C1CNCCO1)C(c1ccccc1)c1ccccc1-c1ccsc1. The molecule has 3 nitrogen and oxygen atoms in total. The molecule has 4 heteroatoms. The zero-order valence-corrected chi connectivity index (χ0v) is 15.4. The van der Waals surface area contributed by atoms with Crippen LogP contribution in [0.3, 0.4) is 0 Å². The Hall–Kier alpha value is -1.98. The lowest BCUT2D eigenvalue weighted by Crippen LogP contribution is -2.47. The van der Waals surface area contributed by atoms with Crippen molar-refractivity contribution in [2.45, 2.75) is 18.1 Å². The van der Waals surface area contributed by atoms with Gasteiger partial charge in [-0.05, 0) is 39.1 Å². The lowest BCUT2D eigenvalue weighted by molar-refractivity contribution is -0.0576. The number of hydrogen-bond acceptors (Lipinski definition) is 4. The lowest BCUT2D eigenvalue weighted by Gasteiger charge is -2.34. The van der Waals surface area contributed by atoms with Gasteiger partial charge < -0.3 is 15.2 Å². The van der Waals surface area contributed by atoms with E-state index in [2.05, 4.69) is 52.5 Å².